The first-order chi connectivity index (χ1) is 11.1. The first-order valence-corrected chi connectivity index (χ1v) is 8.60. The average molecular weight is 310 g/mol. The van der Waals surface area contributed by atoms with Gasteiger partial charge in [0, 0.05) is 12.1 Å². The van der Waals surface area contributed by atoms with Crippen LogP contribution in [0, 0.1) is 0 Å². The maximum atomic E-state index is 2.44. The smallest absolute Gasteiger partial charge is 0.0316 e. The number of benzene rings is 2. The molecule has 0 N–H and O–H groups in total. The molecule has 0 fully saturated rings. The molecule has 0 amide bonds. The molecule has 0 aliphatic heterocycles. The van der Waals surface area contributed by atoms with Crippen molar-refractivity contribution in [1.29, 1.82) is 0 Å². The van der Waals surface area contributed by atoms with Crippen molar-refractivity contribution in [2.45, 2.75) is 32.4 Å². The molecule has 2 heteroatoms. The van der Waals surface area contributed by atoms with Crippen LogP contribution in [0.4, 0.5) is 0 Å². The Hall–Kier alpha value is -1.64. The van der Waals surface area contributed by atoms with Crippen LogP contribution < -0.4 is 0 Å². The summed E-state index contributed by atoms with van der Waals surface area (Å²) >= 11 is 0. The number of rotatable bonds is 8. The summed E-state index contributed by atoms with van der Waals surface area (Å²) in [7, 11) is 4.44. The van der Waals surface area contributed by atoms with Gasteiger partial charge in [-0.2, -0.15) is 0 Å². The van der Waals surface area contributed by atoms with Crippen LogP contribution in [-0.4, -0.2) is 37.0 Å². The highest BCUT2D eigenvalue weighted by atomic mass is 15.1. The largest absolute Gasteiger partial charge is 0.300 e. The topological polar surface area (TPSA) is 6.48 Å². The van der Waals surface area contributed by atoms with E-state index in [0.717, 1.165) is 13.1 Å². The van der Waals surface area contributed by atoms with E-state index in [1.165, 1.54) is 17.5 Å². The summed E-state index contributed by atoms with van der Waals surface area (Å²) in [4.78, 5) is 4.88. The maximum Gasteiger partial charge on any atom is 0.0316 e. The van der Waals surface area contributed by atoms with Gasteiger partial charge < -0.3 is 0 Å². The average Bonchev–Trinajstić information content (AvgIpc) is 2.61. The maximum absolute atomic E-state index is 2.44. The Morgan fingerprint density at radius 3 is 1.35 bits per heavy atom. The van der Waals surface area contributed by atoms with E-state index in [1.54, 1.807) is 0 Å². The molecule has 2 aromatic rings. The minimum Gasteiger partial charge on any atom is -0.300 e. The predicted octanol–water partition coefficient (Wildman–Crippen LogP) is 4.76. The van der Waals surface area contributed by atoms with Crippen molar-refractivity contribution < 1.29 is 0 Å². The normalized spacial score (nSPS) is 14.2. The Kier molecular flexibility index (Phi) is 6.82. The van der Waals surface area contributed by atoms with Crippen LogP contribution in [0.2, 0.25) is 0 Å². The summed E-state index contributed by atoms with van der Waals surface area (Å²) < 4.78 is 0. The van der Waals surface area contributed by atoms with E-state index in [4.69, 9.17) is 0 Å². The third kappa shape index (κ3) is 5.19. The first-order valence-electron chi connectivity index (χ1n) is 8.60. The van der Waals surface area contributed by atoms with Gasteiger partial charge in [0.2, 0.25) is 0 Å². The van der Waals surface area contributed by atoms with Crippen LogP contribution in [-0.2, 0) is 0 Å². The van der Waals surface area contributed by atoms with Crippen molar-refractivity contribution in [3.63, 3.8) is 0 Å². The van der Waals surface area contributed by atoms with Crippen LogP contribution in [0.25, 0.3) is 0 Å². The number of nitrogens with zero attached hydrogens (tertiary/aromatic N) is 2. The zero-order chi connectivity index (χ0) is 16.7. The van der Waals surface area contributed by atoms with E-state index in [-0.39, 0.29) is 0 Å². The highest BCUT2D eigenvalue weighted by molar-refractivity contribution is 5.19. The number of hydrogen-bond donors (Lipinski definition) is 0. The van der Waals surface area contributed by atoms with E-state index in [9.17, 15) is 0 Å². The minimum atomic E-state index is 0.466. The van der Waals surface area contributed by atoms with Gasteiger partial charge in [-0.3, -0.25) is 9.80 Å². The minimum absolute atomic E-state index is 0.466. The molecule has 0 bridgehead atoms. The van der Waals surface area contributed by atoms with E-state index >= 15 is 0 Å². The zero-order valence-electron chi connectivity index (χ0n) is 14.9. The lowest BCUT2D eigenvalue weighted by molar-refractivity contribution is 0.214. The van der Waals surface area contributed by atoms with Crippen LogP contribution in [0.15, 0.2) is 60.7 Å². The summed E-state index contributed by atoms with van der Waals surface area (Å²) in [6.45, 7) is 6.79. The van der Waals surface area contributed by atoms with Crippen molar-refractivity contribution in [1.82, 2.24) is 9.80 Å². The fourth-order valence-corrected chi connectivity index (χ4v) is 2.93. The number of hydrogen-bond acceptors (Lipinski definition) is 2. The lowest BCUT2D eigenvalue weighted by Crippen LogP contribution is -2.29. The van der Waals surface area contributed by atoms with Gasteiger partial charge >= 0.3 is 0 Å². The molecule has 0 heterocycles. The quantitative estimate of drug-likeness (QED) is 0.693. The van der Waals surface area contributed by atoms with Gasteiger partial charge in [-0.25, -0.2) is 0 Å². The summed E-state index contributed by atoms with van der Waals surface area (Å²) in [5.41, 5.74) is 2.78. The standard InChI is InChI=1S/C21H30N2/c1-18(20-12-7-5-8-13-20)22(3)16-11-17-23(4)19(2)21-14-9-6-10-15-21/h5-10,12-15,18-19H,11,16-17H2,1-4H3/t18-,19-/m1/s1. The Morgan fingerprint density at radius 2 is 1.00 bits per heavy atom. The SMILES string of the molecule is C[C@H](c1ccccc1)N(C)CCCN(C)[C@H](C)c1ccccc1. The van der Waals surface area contributed by atoms with Crippen LogP contribution >= 0.6 is 0 Å². The fourth-order valence-electron chi connectivity index (χ4n) is 2.93. The Balaban J connectivity index is 1.78. The van der Waals surface area contributed by atoms with Gasteiger partial charge in [-0.05, 0) is 58.6 Å². The van der Waals surface area contributed by atoms with E-state index < -0.39 is 0 Å². The Bertz CT molecular complexity index is 501. The van der Waals surface area contributed by atoms with Crippen LogP contribution in [0.3, 0.4) is 0 Å². The monoisotopic (exact) mass is 310 g/mol. The summed E-state index contributed by atoms with van der Waals surface area (Å²) in [5, 5.41) is 0. The molecule has 0 aliphatic rings. The molecule has 0 unspecified atom stereocenters. The second-order valence-corrected chi connectivity index (χ2v) is 6.49. The van der Waals surface area contributed by atoms with Gasteiger partial charge in [-0.15, -0.1) is 0 Å². The van der Waals surface area contributed by atoms with E-state index in [0.29, 0.717) is 12.1 Å². The first kappa shape index (κ1) is 17.7. The van der Waals surface area contributed by atoms with Crippen molar-refractivity contribution in [2.24, 2.45) is 0 Å². The molecule has 0 aromatic heterocycles. The molecule has 0 saturated heterocycles. The highest BCUT2D eigenvalue weighted by Gasteiger charge is 2.13. The molecule has 23 heavy (non-hydrogen) atoms. The molecule has 2 rings (SSSR count). The van der Waals surface area contributed by atoms with Gasteiger partial charge in [0.05, 0.1) is 0 Å². The highest BCUT2D eigenvalue weighted by Crippen LogP contribution is 2.20. The van der Waals surface area contributed by atoms with Gasteiger partial charge in [-0.1, -0.05) is 60.7 Å². The molecule has 2 atom stereocenters. The summed E-state index contributed by atoms with van der Waals surface area (Å²) in [6, 6.07) is 22.4. The summed E-state index contributed by atoms with van der Waals surface area (Å²) in [6.07, 6.45) is 1.18. The molecule has 0 saturated carbocycles. The van der Waals surface area contributed by atoms with Gasteiger partial charge in [0.15, 0.2) is 0 Å². The van der Waals surface area contributed by atoms with E-state index in [1.807, 2.05) is 0 Å². The van der Waals surface area contributed by atoms with Crippen molar-refractivity contribution in [3.05, 3.63) is 71.8 Å². The van der Waals surface area contributed by atoms with Crippen molar-refractivity contribution in [2.75, 3.05) is 27.2 Å². The predicted molar refractivity (Wildman–Crippen MR) is 99.6 cm³/mol. The van der Waals surface area contributed by atoms with Gasteiger partial charge in [0.1, 0.15) is 0 Å². The van der Waals surface area contributed by atoms with Crippen LogP contribution in [0.5, 0.6) is 0 Å². The van der Waals surface area contributed by atoms with Crippen molar-refractivity contribution >= 4 is 0 Å². The Morgan fingerprint density at radius 1 is 0.652 bits per heavy atom. The molecular weight excluding hydrogens is 280 g/mol. The lowest BCUT2D eigenvalue weighted by atomic mass is 10.1. The third-order valence-electron chi connectivity index (χ3n) is 4.91. The lowest BCUT2D eigenvalue weighted by Gasteiger charge is -2.28. The zero-order valence-corrected chi connectivity index (χ0v) is 14.9. The van der Waals surface area contributed by atoms with Crippen molar-refractivity contribution in [3.8, 4) is 0 Å². The third-order valence-corrected chi connectivity index (χ3v) is 4.91. The second-order valence-electron chi connectivity index (χ2n) is 6.49. The molecule has 0 spiro atoms. The molecule has 2 aromatic carbocycles. The second kappa shape index (κ2) is 8.85. The molecule has 2 nitrogen and oxygen atoms in total. The molecule has 0 aliphatic carbocycles. The van der Waals surface area contributed by atoms with Crippen LogP contribution in [0.1, 0.15) is 43.5 Å². The Labute approximate surface area is 141 Å². The molecule has 0 radical (unpaired) electrons. The molecule has 124 valence electrons. The summed E-state index contributed by atoms with van der Waals surface area (Å²) in [5.74, 6) is 0. The fraction of sp³-hybridized carbons (Fsp3) is 0.429. The van der Waals surface area contributed by atoms with Gasteiger partial charge in [0.25, 0.3) is 0 Å². The molecular formula is C21H30N2. The van der Waals surface area contributed by atoms with E-state index in [2.05, 4.69) is 98.4 Å².